The standard InChI is InChI=1S/C19H25N5O2S/c1-4-22-9-11-23(12-10-22)16(14-5-7-15(26-3)8-6-14)17-18(25)24-19(27-17)20-13(2)21-24/h5-8,16,25H,4,9-12H2,1-3H3/p+2/t16-/m1/s1. The average Bonchev–Trinajstić information content (AvgIpc) is 3.20. The number of quaternary nitrogens is 2. The summed E-state index contributed by atoms with van der Waals surface area (Å²) >= 11 is 1.54. The summed E-state index contributed by atoms with van der Waals surface area (Å²) in [6, 6.07) is 8.27. The van der Waals surface area contributed by atoms with Crippen LogP contribution >= 0.6 is 11.3 Å². The molecule has 1 aliphatic rings. The number of methoxy groups -OCH3 is 1. The van der Waals surface area contributed by atoms with Crippen LogP contribution in [0.15, 0.2) is 24.3 Å². The minimum absolute atomic E-state index is 0.0723. The lowest BCUT2D eigenvalue weighted by Crippen LogP contribution is -3.28. The molecular formula is C19H27N5O2S+2. The molecule has 0 radical (unpaired) electrons. The molecule has 2 aromatic heterocycles. The number of piperazine rings is 1. The molecule has 1 aliphatic heterocycles. The summed E-state index contributed by atoms with van der Waals surface area (Å²) in [5.74, 6) is 1.74. The first-order valence-corrected chi connectivity index (χ1v) is 10.3. The summed E-state index contributed by atoms with van der Waals surface area (Å²) < 4.78 is 6.89. The molecule has 7 nitrogen and oxygen atoms in total. The monoisotopic (exact) mass is 389 g/mol. The lowest BCUT2D eigenvalue weighted by Gasteiger charge is -2.34. The first-order valence-electron chi connectivity index (χ1n) is 9.47. The molecule has 1 atom stereocenters. The van der Waals surface area contributed by atoms with Gasteiger partial charge in [0.15, 0.2) is 6.04 Å². The molecule has 0 aliphatic carbocycles. The smallest absolute Gasteiger partial charge is 0.235 e. The van der Waals surface area contributed by atoms with Crippen molar-refractivity contribution < 1.29 is 19.6 Å². The van der Waals surface area contributed by atoms with E-state index < -0.39 is 0 Å². The molecule has 0 spiro atoms. The van der Waals surface area contributed by atoms with Gasteiger partial charge in [-0.05, 0) is 38.1 Å². The Bertz CT molecular complexity index is 912. The van der Waals surface area contributed by atoms with Crippen LogP contribution in [0.5, 0.6) is 11.6 Å². The minimum atomic E-state index is 0.0723. The Morgan fingerprint density at radius 3 is 2.52 bits per heavy atom. The van der Waals surface area contributed by atoms with Crippen molar-refractivity contribution in [2.45, 2.75) is 19.9 Å². The van der Waals surface area contributed by atoms with Gasteiger partial charge in [0.1, 0.15) is 42.6 Å². The molecule has 0 unspecified atom stereocenters. The zero-order chi connectivity index (χ0) is 19.0. The fourth-order valence-electron chi connectivity index (χ4n) is 3.97. The highest BCUT2D eigenvalue weighted by Crippen LogP contribution is 2.35. The van der Waals surface area contributed by atoms with E-state index in [1.54, 1.807) is 16.5 Å². The van der Waals surface area contributed by atoms with Gasteiger partial charge in [-0.2, -0.15) is 4.52 Å². The zero-order valence-electron chi connectivity index (χ0n) is 16.0. The van der Waals surface area contributed by atoms with Gasteiger partial charge in [-0.1, -0.05) is 11.3 Å². The number of nitrogens with zero attached hydrogens (tertiary/aromatic N) is 3. The van der Waals surface area contributed by atoms with Crippen molar-refractivity contribution in [3.8, 4) is 11.6 Å². The maximum Gasteiger partial charge on any atom is 0.235 e. The van der Waals surface area contributed by atoms with Crippen molar-refractivity contribution >= 4 is 16.3 Å². The number of aromatic hydroxyl groups is 1. The number of aryl methyl sites for hydroxylation is 1. The van der Waals surface area contributed by atoms with Crippen molar-refractivity contribution in [2.24, 2.45) is 0 Å². The van der Waals surface area contributed by atoms with Crippen LogP contribution in [0.3, 0.4) is 0 Å². The highest BCUT2D eigenvalue weighted by atomic mass is 32.1. The summed E-state index contributed by atoms with van der Waals surface area (Å²) in [6.45, 7) is 9.71. The molecule has 4 rings (SSSR count). The third kappa shape index (κ3) is 3.40. The summed E-state index contributed by atoms with van der Waals surface area (Å²) in [5, 5.41) is 15.2. The van der Waals surface area contributed by atoms with Gasteiger partial charge >= 0.3 is 0 Å². The van der Waals surface area contributed by atoms with Gasteiger partial charge in [-0.25, -0.2) is 4.98 Å². The number of rotatable bonds is 5. The summed E-state index contributed by atoms with van der Waals surface area (Å²) in [5.41, 5.74) is 1.18. The van der Waals surface area contributed by atoms with Crippen molar-refractivity contribution in [1.82, 2.24) is 14.6 Å². The predicted octanol–water partition coefficient (Wildman–Crippen LogP) is -0.294. The molecule has 3 heterocycles. The van der Waals surface area contributed by atoms with Crippen LogP contribution in [0, 0.1) is 6.92 Å². The lowest BCUT2D eigenvalue weighted by atomic mass is 10.0. The van der Waals surface area contributed by atoms with Crippen molar-refractivity contribution in [2.75, 3.05) is 39.8 Å². The van der Waals surface area contributed by atoms with Gasteiger partial charge in [0.25, 0.3) is 0 Å². The minimum Gasteiger partial charge on any atom is -0.497 e. The first kappa shape index (κ1) is 18.2. The zero-order valence-corrected chi connectivity index (χ0v) is 16.8. The first-order chi connectivity index (χ1) is 13.1. The number of nitrogens with one attached hydrogen (secondary N) is 2. The van der Waals surface area contributed by atoms with Crippen LogP contribution in [-0.4, -0.2) is 59.5 Å². The van der Waals surface area contributed by atoms with E-state index in [2.05, 4.69) is 29.1 Å². The third-order valence-corrected chi connectivity index (χ3v) is 6.61. The Hall–Kier alpha value is -2.16. The molecule has 0 bridgehead atoms. The molecule has 1 fully saturated rings. The van der Waals surface area contributed by atoms with E-state index in [0.717, 1.165) is 41.8 Å². The van der Waals surface area contributed by atoms with E-state index in [-0.39, 0.29) is 11.9 Å². The molecule has 0 saturated carbocycles. The Morgan fingerprint density at radius 2 is 1.93 bits per heavy atom. The molecule has 1 saturated heterocycles. The third-order valence-electron chi connectivity index (χ3n) is 5.52. The van der Waals surface area contributed by atoms with Crippen LogP contribution in [0.2, 0.25) is 0 Å². The number of hydrogen-bond acceptors (Lipinski definition) is 5. The second kappa shape index (κ2) is 7.46. The number of ether oxygens (including phenoxy) is 1. The van der Waals surface area contributed by atoms with Crippen LogP contribution in [0.1, 0.15) is 29.2 Å². The topological polar surface area (TPSA) is 68.5 Å². The second-order valence-electron chi connectivity index (χ2n) is 7.11. The van der Waals surface area contributed by atoms with Crippen LogP contribution in [0.25, 0.3) is 4.96 Å². The van der Waals surface area contributed by atoms with Crippen molar-refractivity contribution in [1.29, 1.82) is 0 Å². The van der Waals surface area contributed by atoms with Crippen LogP contribution in [-0.2, 0) is 0 Å². The highest BCUT2D eigenvalue weighted by molar-refractivity contribution is 7.17. The van der Waals surface area contributed by atoms with Gasteiger partial charge in [-0.3, -0.25) is 0 Å². The van der Waals surface area contributed by atoms with E-state index >= 15 is 0 Å². The maximum atomic E-state index is 10.9. The SMILES string of the molecule is CC[NH+]1CC[NH+]([C@H](c2ccc(OC)cc2)c2sc3nc(C)nn3c2O)CC1. The van der Waals surface area contributed by atoms with Gasteiger partial charge in [0.2, 0.25) is 10.8 Å². The van der Waals surface area contributed by atoms with E-state index in [4.69, 9.17) is 4.74 Å². The number of likely N-dealkylation sites (N-methyl/N-ethyl adjacent to an activating group) is 1. The summed E-state index contributed by atoms with van der Waals surface area (Å²) in [6.07, 6.45) is 0. The molecule has 27 heavy (non-hydrogen) atoms. The number of fused-ring (bicyclic) bond motifs is 1. The number of hydrogen-bond donors (Lipinski definition) is 3. The van der Waals surface area contributed by atoms with Crippen molar-refractivity contribution in [3.63, 3.8) is 0 Å². The Morgan fingerprint density at radius 1 is 1.22 bits per heavy atom. The van der Waals surface area contributed by atoms with E-state index in [1.807, 2.05) is 19.1 Å². The van der Waals surface area contributed by atoms with E-state index in [9.17, 15) is 5.11 Å². The molecular weight excluding hydrogens is 362 g/mol. The van der Waals surface area contributed by atoms with Crippen LogP contribution < -0.4 is 14.5 Å². The Balaban J connectivity index is 1.74. The molecule has 8 heteroatoms. The fraction of sp³-hybridized carbons (Fsp3) is 0.474. The Labute approximate surface area is 162 Å². The van der Waals surface area contributed by atoms with E-state index in [0.29, 0.717) is 5.82 Å². The van der Waals surface area contributed by atoms with Gasteiger partial charge < -0.3 is 19.6 Å². The van der Waals surface area contributed by atoms with Crippen molar-refractivity contribution in [3.05, 3.63) is 40.5 Å². The number of benzene rings is 1. The van der Waals surface area contributed by atoms with Crippen LogP contribution in [0.4, 0.5) is 0 Å². The summed E-state index contributed by atoms with van der Waals surface area (Å²) in [4.78, 5) is 9.26. The van der Waals surface area contributed by atoms with Gasteiger partial charge in [0.05, 0.1) is 13.7 Å². The fourth-order valence-corrected chi connectivity index (χ4v) is 5.16. The van der Waals surface area contributed by atoms with E-state index in [1.165, 1.54) is 28.3 Å². The lowest BCUT2D eigenvalue weighted by molar-refractivity contribution is -1.02. The second-order valence-corrected chi connectivity index (χ2v) is 8.12. The molecule has 3 N–H and O–H groups in total. The predicted molar refractivity (Wildman–Crippen MR) is 104 cm³/mol. The number of thiazole rings is 1. The van der Waals surface area contributed by atoms with Gasteiger partial charge in [0, 0.05) is 5.56 Å². The molecule has 3 aromatic rings. The highest BCUT2D eigenvalue weighted by Gasteiger charge is 2.35. The Kier molecular flexibility index (Phi) is 5.03. The average molecular weight is 390 g/mol. The quantitative estimate of drug-likeness (QED) is 0.561. The maximum absolute atomic E-state index is 10.9. The molecule has 1 aromatic carbocycles. The number of aromatic nitrogens is 3. The molecule has 0 amide bonds. The molecule has 144 valence electrons. The largest absolute Gasteiger partial charge is 0.497 e. The summed E-state index contributed by atoms with van der Waals surface area (Å²) in [7, 11) is 1.68. The van der Waals surface area contributed by atoms with Gasteiger partial charge in [-0.15, -0.1) is 5.10 Å². The normalized spacial score (nSPS) is 21.4.